The summed E-state index contributed by atoms with van der Waals surface area (Å²) in [6.45, 7) is 5.70. The first-order valence-electron chi connectivity index (χ1n) is 14.2. The van der Waals surface area contributed by atoms with Crippen molar-refractivity contribution in [2.45, 2.75) is 83.8 Å². The van der Waals surface area contributed by atoms with Crippen molar-refractivity contribution in [2.24, 2.45) is 33.7 Å². The van der Waals surface area contributed by atoms with Gasteiger partial charge in [0.15, 0.2) is 18.4 Å². The van der Waals surface area contributed by atoms with Gasteiger partial charge in [0, 0.05) is 5.41 Å². The Morgan fingerprint density at radius 3 is 2.46 bits per heavy atom. The smallest absolute Gasteiger partial charge is 0.330 e. The number of ketones is 1. The molecule has 3 N–H and O–H groups in total. The molecule has 1 amide bonds. The van der Waals surface area contributed by atoms with E-state index in [1.807, 2.05) is 0 Å². The second kappa shape index (κ2) is 10.2. The van der Waals surface area contributed by atoms with E-state index in [1.54, 1.807) is 37.3 Å². The number of nitrogens with zero attached hydrogens (tertiary/aromatic N) is 1. The number of oxime groups is 1. The van der Waals surface area contributed by atoms with E-state index in [-0.39, 0.29) is 23.2 Å². The molecule has 0 bridgehead atoms. The third-order valence-electron chi connectivity index (χ3n) is 10.8. The molecule has 0 saturated heterocycles. The number of aliphatic carboxylic acids is 1. The molecule has 4 aliphatic carbocycles. The van der Waals surface area contributed by atoms with Crippen LogP contribution in [-0.2, 0) is 19.2 Å². The number of amides is 1. The SMILES string of the molecule is CC(=O)[C@]1(O)CC[C@@H]2[C@@H]3CCC4=CC(=NOCC(=O)N[C@H](C(=O)O)c5ccccc5)CC[C@]4(C)[C@@H]3CC[C@@]21C. The number of carbonyl (C=O) groups excluding carboxylic acids is 2. The number of allylic oxidation sites excluding steroid dienone is 2. The molecular weight excluding hydrogens is 496 g/mol. The molecule has 0 unspecified atom stereocenters. The second-order valence-electron chi connectivity index (χ2n) is 12.5. The Hall–Kier alpha value is -3.00. The maximum Gasteiger partial charge on any atom is 0.330 e. The van der Waals surface area contributed by atoms with Crippen LogP contribution in [0.5, 0.6) is 0 Å². The summed E-state index contributed by atoms with van der Waals surface area (Å²) >= 11 is 0. The van der Waals surface area contributed by atoms with Crippen LogP contribution in [0.3, 0.4) is 0 Å². The number of Topliss-reactive ketones (excluding diaryl/α,β-unsaturated/α-hetero) is 1. The molecule has 5 rings (SSSR count). The predicted octanol–water partition coefficient (Wildman–Crippen LogP) is 4.58. The number of carboxylic acid groups (broad SMARTS) is 1. The van der Waals surface area contributed by atoms with E-state index in [0.29, 0.717) is 29.7 Å². The van der Waals surface area contributed by atoms with E-state index in [1.165, 1.54) is 5.57 Å². The lowest BCUT2D eigenvalue weighted by molar-refractivity contribution is -0.159. The number of hydrogen-bond acceptors (Lipinski definition) is 6. The summed E-state index contributed by atoms with van der Waals surface area (Å²) in [5, 5.41) is 27.6. The van der Waals surface area contributed by atoms with Crippen LogP contribution in [-0.4, -0.2) is 45.8 Å². The van der Waals surface area contributed by atoms with Gasteiger partial charge >= 0.3 is 5.97 Å². The zero-order chi connectivity index (χ0) is 28.0. The summed E-state index contributed by atoms with van der Waals surface area (Å²) in [5.74, 6) is -0.380. The summed E-state index contributed by atoms with van der Waals surface area (Å²) in [7, 11) is 0. The van der Waals surface area contributed by atoms with Gasteiger partial charge in [0.1, 0.15) is 5.60 Å². The van der Waals surface area contributed by atoms with Crippen molar-refractivity contribution in [1.29, 1.82) is 0 Å². The summed E-state index contributed by atoms with van der Waals surface area (Å²) in [6.07, 6.45) is 9.21. The quantitative estimate of drug-likeness (QED) is 0.438. The number of rotatable bonds is 7. The molecule has 4 aliphatic rings. The second-order valence-corrected chi connectivity index (χ2v) is 12.5. The third kappa shape index (κ3) is 4.60. The van der Waals surface area contributed by atoms with E-state index in [9.17, 15) is 24.6 Å². The van der Waals surface area contributed by atoms with Crippen molar-refractivity contribution >= 4 is 23.4 Å². The summed E-state index contributed by atoms with van der Waals surface area (Å²) in [4.78, 5) is 41.9. The van der Waals surface area contributed by atoms with Crippen molar-refractivity contribution < 1.29 is 29.4 Å². The summed E-state index contributed by atoms with van der Waals surface area (Å²) < 4.78 is 0. The third-order valence-corrected chi connectivity index (χ3v) is 10.8. The molecule has 0 spiro atoms. The van der Waals surface area contributed by atoms with Gasteiger partial charge < -0.3 is 20.4 Å². The largest absolute Gasteiger partial charge is 0.479 e. The van der Waals surface area contributed by atoms with Crippen LogP contribution in [0.2, 0.25) is 0 Å². The molecule has 39 heavy (non-hydrogen) atoms. The monoisotopic (exact) mass is 536 g/mol. The molecule has 0 radical (unpaired) electrons. The molecule has 7 atom stereocenters. The Morgan fingerprint density at radius 2 is 1.77 bits per heavy atom. The number of hydrogen-bond donors (Lipinski definition) is 3. The van der Waals surface area contributed by atoms with Crippen LogP contribution in [0.4, 0.5) is 0 Å². The number of benzene rings is 1. The van der Waals surface area contributed by atoms with Gasteiger partial charge in [-0.1, -0.05) is 54.9 Å². The van der Waals surface area contributed by atoms with E-state index >= 15 is 0 Å². The van der Waals surface area contributed by atoms with Gasteiger partial charge in [-0.15, -0.1) is 0 Å². The average Bonchev–Trinajstić information content (AvgIpc) is 3.19. The van der Waals surface area contributed by atoms with Crippen LogP contribution in [0, 0.1) is 28.6 Å². The van der Waals surface area contributed by atoms with Crippen molar-refractivity contribution in [3.63, 3.8) is 0 Å². The minimum Gasteiger partial charge on any atom is -0.479 e. The van der Waals surface area contributed by atoms with Crippen LogP contribution in [0.1, 0.15) is 83.7 Å². The first-order chi connectivity index (χ1) is 18.5. The van der Waals surface area contributed by atoms with Gasteiger partial charge in [-0.3, -0.25) is 9.59 Å². The molecule has 3 saturated carbocycles. The van der Waals surface area contributed by atoms with Gasteiger partial charge in [-0.05, 0) is 93.1 Å². The normalized spacial score (nSPS) is 37.1. The first kappa shape index (κ1) is 27.6. The van der Waals surface area contributed by atoms with Crippen LogP contribution in [0.25, 0.3) is 0 Å². The number of aliphatic hydroxyl groups is 1. The number of carbonyl (C=O) groups is 3. The number of fused-ring (bicyclic) bond motifs is 5. The molecule has 210 valence electrons. The Kier molecular flexibility index (Phi) is 7.20. The maximum atomic E-state index is 12.5. The van der Waals surface area contributed by atoms with E-state index < -0.39 is 23.5 Å². The Morgan fingerprint density at radius 1 is 1.05 bits per heavy atom. The molecule has 0 aromatic heterocycles. The molecular formula is C31H40N2O6. The average molecular weight is 537 g/mol. The highest BCUT2D eigenvalue weighted by Crippen LogP contribution is 2.67. The van der Waals surface area contributed by atoms with Gasteiger partial charge in [-0.25, -0.2) is 4.79 Å². The fraction of sp³-hybridized carbons (Fsp3) is 0.613. The zero-order valence-electron chi connectivity index (χ0n) is 23.1. The van der Waals surface area contributed by atoms with Crippen LogP contribution >= 0.6 is 0 Å². The fourth-order valence-corrected chi connectivity index (χ4v) is 8.55. The minimum atomic E-state index is -1.19. The first-order valence-corrected chi connectivity index (χ1v) is 14.2. The summed E-state index contributed by atoms with van der Waals surface area (Å²) in [6, 6.07) is 7.40. The number of nitrogens with one attached hydrogen (secondary N) is 1. The van der Waals surface area contributed by atoms with Crippen molar-refractivity contribution in [2.75, 3.05) is 6.61 Å². The Bertz CT molecular complexity index is 1210. The van der Waals surface area contributed by atoms with Crippen LogP contribution in [0.15, 0.2) is 47.1 Å². The molecule has 0 heterocycles. The molecule has 3 fully saturated rings. The molecule has 8 nitrogen and oxygen atoms in total. The topological polar surface area (TPSA) is 125 Å². The lowest BCUT2D eigenvalue weighted by Crippen LogP contribution is -2.57. The van der Waals surface area contributed by atoms with Crippen molar-refractivity contribution in [3.05, 3.63) is 47.5 Å². The Labute approximate surface area is 229 Å². The van der Waals surface area contributed by atoms with Gasteiger partial charge in [0.25, 0.3) is 5.91 Å². The van der Waals surface area contributed by atoms with Crippen LogP contribution < -0.4 is 5.32 Å². The molecule has 8 heteroatoms. The van der Waals surface area contributed by atoms with Gasteiger partial charge in [-0.2, -0.15) is 0 Å². The molecule has 0 aliphatic heterocycles. The summed E-state index contributed by atoms with van der Waals surface area (Å²) in [5.41, 5.74) is 1.19. The highest BCUT2D eigenvalue weighted by atomic mass is 16.6. The Balaban J connectivity index is 1.23. The fourth-order valence-electron chi connectivity index (χ4n) is 8.55. The lowest BCUT2D eigenvalue weighted by Gasteiger charge is -2.59. The zero-order valence-corrected chi connectivity index (χ0v) is 23.1. The lowest BCUT2D eigenvalue weighted by atomic mass is 9.46. The van der Waals surface area contributed by atoms with Gasteiger partial charge in [0.2, 0.25) is 0 Å². The molecule has 1 aromatic rings. The highest BCUT2D eigenvalue weighted by Gasteiger charge is 2.65. The molecule has 1 aromatic carbocycles. The van der Waals surface area contributed by atoms with E-state index in [2.05, 4.69) is 30.4 Å². The predicted molar refractivity (Wildman–Crippen MR) is 146 cm³/mol. The van der Waals surface area contributed by atoms with Crippen molar-refractivity contribution in [3.8, 4) is 0 Å². The van der Waals surface area contributed by atoms with Crippen molar-refractivity contribution in [1.82, 2.24) is 5.32 Å². The highest BCUT2D eigenvalue weighted by molar-refractivity contribution is 5.96. The van der Waals surface area contributed by atoms with E-state index in [0.717, 1.165) is 50.7 Å². The standard InChI is InChI=1S/C31H40N2O6/c1-19(34)31(38)16-13-25-23-10-9-21-17-22(11-14-29(21,2)24(23)12-15-30(25,31)3)33-39-18-26(35)32-27(28(36)37)20-7-5-4-6-8-20/h4-8,17,23-25,27,38H,9-16,18H2,1-3H3,(H,32,35)(H,36,37)/t23-,24-,25-,27+,29+,30+,31-/m1/s1. The van der Waals surface area contributed by atoms with Gasteiger partial charge in [0.05, 0.1) is 5.71 Å². The number of carboxylic acids is 1. The minimum absolute atomic E-state index is 0.0575. The maximum absolute atomic E-state index is 12.5. The van der Waals surface area contributed by atoms with E-state index in [4.69, 9.17) is 4.84 Å².